The second kappa shape index (κ2) is 12.8. The first-order valence-corrected chi connectivity index (χ1v) is 14.5. The summed E-state index contributed by atoms with van der Waals surface area (Å²) in [6, 6.07) is -0.740. The van der Waals surface area contributed by atoms with Crippen LogP contribution >= 0.6 is 0 Å². The molecule has 0 aromatic carbocycles. The minimum Gasteiger partial charge on any atom is -0.458 e. The monoisotopic (exact) mass is 517 g/mol. The molecule has 2 aliphatic rings. The van der Waals surface area contributed by atoms with Crippen LogP contribution in [0.15, 0.2) is 71.9 Å². The van der Waals surface area contributed by atoms with E-state index in [4.69, 9.17) is 4.74 Å². The van der Waals surface area contributed by atoms with E-state index < -0.39 is 40.2 Å². The van der Waals surface area contributed by atoms with E-state index in [1.807, 2.05) is 32.1 Å². The minimum atomic E-state index is -3.50. The maximum atomic E-state index is 12.7. The number of aliphatic hydroxyl groups excluding tert-OH is 1. The topological polar surface area (TPSA) is 92.7 Å². The maximum absolute atomic E-state index is 12.7. The standard InChI is InChI=1S/C29H43NO5S/c1-20-11-10-13-26(31)35-28(23(4)27(32)24(5)30-36(7,33)34)22(3)15-14-21(2)19-25-12-8-9-17-29(25,6)18-16-20/h8,10-16,18-19,22-25,27-28,30,32H,9,17H2,1-7H3/b13-10+,15-14+,18-16+,20-11-,21-19+/t22-,23-,24-,25-,27+,28-,29+/m1/s1. The summed E-state index contributed by atoms with van der Waals surface area (Å²) in [6.07, 6.45) is 21.5. The largest absolute Gasteiger partial charge is 0.458 e. The molecule has 36 heavy (non-hydrogen) atoms. The van der Waals surface area contributed by atoms with Crippen molar-refractivity contribution in [3.05, 3.63) is 71.9 Å². The Hall–Kier alpha value is -2.22. The van der Waals surface area contributed by atoms with Gasteiger partial charge in [-0.2, -0.15) is 0 Å². The first-order valence-electron chi connectivity index (χ1n) is 12.7. The summed E-state index contributed by atoms with van der Waals surface area (Å²) in [5, 5.41) is 10.9. The summed E-state index contributed by atoms with van der Waals surface area (Å²) in [5.41, 5.74) is 2.12. The van der Waals surface area contributed by atoms with Crippen LogP contribution in [0.25, 0.3) is 0 Å². The molecular weight excluding hydrogens is 474 g/mol. The third-order valence-electron chi connectivity index (χ3n) is 7.12. The summed E-state index contributed by atoms with van der Waals surface area (Å²) >= 11 is 0. The summed E-state index contributed by atoms with van der Waals surface area (Å²) in [6.45, 7) is 11.6. The van der Waals surface area contributed by atoms with Gasteiger partial charge in [-0.25, -0.2) is 17.9 Å². The van der Waals surface area contributed by atoms with Crippen LogP contribution < -0.4 is 4.72 Å². The van der Waals surface area contributed by atoms with E-state index in [-0.39, 0.29) is 17.3 Å². The van der Waals surface area contributed by atoms with Gasteiger partial charge >= 0.3 is 5.97 Å². The normalized spacial score (nSPS) is 36.1. The van der Waals surface area contributed by atoms with Gasteiger partial charge in [0.1, 0.15) is 6.10 Å². The number of cyclic esters (lactones) is 1. The second-order valence-corrected chi connectivity index (χ2v) is 12.4. The molecule has 0 aromatic heterocycles. The van der Waals surface area contributed by atoms with Gasteiger partial charge in [-0.05, 0) is 39.0 Å². The van der Waals surface area contributed by atoms with Gasteiger partial charge in [0.2, 0.25) is 10.0 Å². The molecule has 0 unspecified atom stereocenters. The third kappa shape index (κ3) is 9.02. The Bertz CT molecular complexity index is 1070. The molecule has 0 amide bonds. The summed E-state index contributed by atoms with van der Waals surface area (Å²) in [7, 11) is -3.50. The number of ether oxygens (including phenoxy) is 1. The number of hydrogen-bond acceptors (Lipinski definition) is 5. The van der Waals surface area contributed by atoms with Gasteiger partial charge in [-0.3, -0.25) is 0 Å². The highest BCUT2D eigenvalue weighted by atomic mass is 32.2. The van der Waals surface area contributed by atoms with Gasteiger partial charge in [0.25, 0.3) is 0 Å². The van der Waals surface area contributed by atoms with E-state index in [0.717, 1.165) is 30.2 Å². The van der Waals surface area contributed by atoms with Crippen molar-refractivity contribution in [3.63, 3.8) is 0 Å². The van der Waals surface area contributed by atoms with Gasteiger partial charge in [0.05, 0.1) is 12.4 Å². The summed E-state index contributed by atoms with van der Waals surface area (Å²) in [4.78, 5) is 12.7. The number of fused-ring (bicyclic) bond motifs is 1. The Labute approximate surface area is 217 Å². The van der Waals surface area contributed by atoms with Crippen LogP contribution in [0.1, 0.15) is 54.4 Å². The Kier molecular flexibility index (Phi) is 10.7. The zero-order chi connectivity index (χ0) is 27.1. The fraction of sp³-hybridized carbons (Fsp3) is 0.552. The number of sulfonamides is 1. The van der Waals surface area contributed by atoms with Crippen molar-refractivity contribution in [3.8, 4) is 0 Å². The van der Waals surface area contributed by atoms with Crippen molar-refractivity contribution in [1.82, 2.24) is 4.72 Å². The van der Waals surface area contributed by atoms with Crippen LogP contribution in [0.2, 0.25) is 0 Å². The maximum Gasteiger partial charge on any atom is 0.331 e. The second-order valence-electron chi connectivity index (χ2n) is 10.7. The number of aliphatic hydroxyl groups is 1. The lowest BCUT2D eigenvalue weighted by Crippen LogP contribution is -2.48. The van der Waals surface area contributed by atoms with Crippen molar-refractivity contribution >= 4 is 16.0 Å². The fourth-order valence-electron chi connectivity index (χ4n) is 4.80. The SMILES string of the molecule is CC1=C/C=C/C(=O)O[C@@H]([C@H](C)[C@H](O)[C@@H](C)NS(C)(=O)=O)[C@H](C)/C=C/C(C)=C/[C@H]2C=CCC[C@@]2(C)\C=C\1. The number of carbonyl (C=O) groups is 1. The number of hydrogen-bond donors (Lipinski definition) is 2. The Morgan fingerprint density at radius 3 is 2.50 bits per heavy atom. The van der Waals surface area contributed by atoms with E-state index in [2.05, 4.69) is 48.9 Å². The molecule has 2 rings (SSSR count). The zero-order valence-corrected chi connectivity index (χ0v) is 23.5. The third-order valence-corrected chi connectivity index (χ3v) is 7.92. The predicted octanol–water partition coefficient (Wildman–Crippen LogP) is 5.02. The van der Waals surface area contributed by atoms with Crippen molar-refractivity contribution in [2.24, 2.45) is 23.2 Å². The molecule has 1 aliphatic heterocycles. The van der Waals surface area contributed by atoms with Gasteiger partial charge in [-0.15, -0.1) is 0 Å². The molecule has 0 spiro atoms. The summed E-state index contributed by atoms with van der Waals surface area (Å²) < 4.78 is 31.6. The molecule has 0 saturated heterocycles. The Morgan fingerprint density at radius 2 is 1.83 bits per heavy atom. The van der Waals surface area contributed by atoms with E-state index in [1.54, 1.807) is 19.9 Å². The van der Waals surface area contributed by atoms with Crippen LogP contribution in [0, 0.1) is 23.2 Å². The molecule has 1 heterocycles. The lowest BCUT2D eigenvalue weighted by Gasteiger charge is -2.35. The minimum absolute atomic E-state index is 0.00576. The van der Waals surface area contributed by atoms with Crippen LogP contribution in [-0.2, 0) is 19.6 Å². The smallest absolute Gasteiger partial charge is 0.331 e. The highest BCUT2D eigenvalue weighted by Crippen LogP contribution is 2.40. The van der Waals surface area contributed by atoms with Crippen LogP contribution in [0.4, 0.5) is 0 Å². The van der Waals surface area contributed by atoms with Gasteiger partial charge < -0.3 is 9.84 Å². The molecule has 0 saturated carbocycles. The van der Waals surface area contributed by atoms with Gasteiger partial charge in [0.15, 0.2) is 0 Å². The quantitative estimate of drug-likeness (QED) is 0.395. The Morgan fingerprint density at radius 1 is 1.14 bits per heavy atom. The first-order chi connectivity index (χ1) is 16.7. The highest BCUT2D eigenvalue weighted by Gasteiger charge is 2.34. The fourth-order valence-corrected chi connectivity index (χ4v) is 5.61. The molecule has 6 nitrogen and oxygen atoms in total. The van der Waals surface area contributed by atoms with E-state index in [9.17, 15) is 18.3 Å². The highest BCUT2D eigenvalue weighted by molar-refractivity contribution is 7.88. The lowest BCUT2D eigenvalue weighted by molar-refractivity contribution is -0.150. The first kappa shape index (κ1) is 30.0. The van der Waals surface area contributed by atoms with E-state index >= 15 is 0 Å². The molecule has 0 radical (unpaired) electrons. The Balaban J connectivity index is 2.44. The van der Waals surface area contributed by atoms with Crippen molar-refractivity contribution in [2.75, 3.05) is 6.26 Å². The lowest BCUT2D eigenvalue weighted by atomic mass is 9.69. The molecule has 200 valence electrons. The van der Waals surface area contributed by atoms with Crippen LogP contribution in [0.3, 0.4) is 0 Å². The van der Waals surface area contributed by atoms with Crippen molar-refractivity contribution in [1.29, 1.82) is 0 Å². The van der Waals surface area contributed by atoms with E-state index in [0.29, 0.717) is 0 Å². The van der Waals surface area contributed by atoms with Crippen molar-refractivity contribution in [2.45, 2.75) is 72.6 Å². The molecule has 0 bridgehead atoms. The molecular formula is C29H43NO5S. The molecule has 1 aliphatic carbocycles. The number of carbonyl (C=O) groups excluding carboxylic acids is 1. The van der Waals surface area contributed by atoms with Gasteiger partial charge in [0, 0.05) is 29.9 Å². The summed E-state index contributed by atoms with van der Waals surface area (Å²) in [5.74, 6) is -1.01. The average molecular weight is 518 g/mol. The number of nitrogens with one attached hydrogen (secondary N) is 1. The zero-order valence-electron chi connectivity index (χ0n) is 22.6. The molecule has 0 aromatic rings. The number of esters is 1. The predicted molar refractivity (Wildman–Crippen MR) is 147 cm³/mol. The van der Waals surface area contributed by atoms with E-state index in [1.165, 1.54) is 6.08 Å². The number of allylic oxidation sites excluding steroid dienone is 10. The van der Waals surface area contributed by atoms with Crippen LogP contribution in [0.5, 0.6) is 0 Å². The molecule has 7 heteroatoms. The molecule has 2 N–H and O–H groups in total. The van der Waals surface area contributed by atoms with Crippen LogP contribution in [-0.4, -0.2) is 44.0 Å². The van der Waals surface area contributed by atoms with Gasteiger partial charge in [-0.1, -0.05) is 86.6 Å². The number of rotatable bonds is 5. The molecule has 7 atom stereocenters. The average Bonchev–Trinajstić information content (AvgIpc) is 2.78. The molecule has 0 fully saturated rings. The van der Waals surface area contributed by atoms with Crippen molar-refractivity contribution < 1.29 is 23.1 Å².